The Morgan fingerprint density at radius 3 is 2.46 bits per heavy atom. The Hall–Kier alpha value is -2.57. The van der Waals surface area contributed by atoms with Gasteiger partial charge in [0.2, 0.25) is 0 Å². The number of rotatable bonds is 3. The summed E-state index contributed by atoms with van der Waals surface area (Å²) in [6.45, 7) is 7.31. The largest absolute Gasteiger partial charge is 0.445 e. The molecule has 1 spiro atoms. The lowest BCUT2D eigenvalue weighted by Crippen LogP contribution is -2.39. The van der Waals surface area contributed by atoms with E-state index >= 15 is 0 Å². The van der Waals surface area contributed by atoms with Crippen LogP contribution < -0.4 is 0 Å². The smallest absolute Gasteiger partial charge is 0.410 e. The molecule has 2 amide bonds. The van der Waals surface area contributed by atoms with Gasteiger partial charge in [0.15, 0.2) is 0 Å². The molecule has 2 atom stereocenters. The van der Waals surface area contributed by atoms with E-state index in [1.807, 2.05) is 51.1 Å². The van der Waals surface area contributed by atoms with Crippen molar-refractivity contribution in [3.8, 4) is 0 Å². The molecule has 2 aliphatic heterocycles. The number of benzene rings is 1. The lowest BCUT2D eigenvalue weighted by atomic mass is 9.78. The van der Waals surface area contributed by atoms with E-state index in [9.17, 15) is 14.4 Å². The fourth-order valence-electron chi connectivity index (χ4n) is 3.94. The molecule has 7 nitrogen and oxygen atoms in total. The normalized spacial score (nSPS) is 24.5. The maximum atomic E-state index is 12.5. The lowest BCUT2D eigenvalue weighted by molar-refractivity contribution is -0.113. The van der Waals surface area contributed by atoms with Crippen molar-refractivity contribution in [2.75, 3.05) is 26.2 Å². The number of ether oxygens (including phenoxy) is 2. The van der Waals surface area contributed by atoms with Gasteiger partial charge in [0.05, 0.1) is 0 Å². The molecule has 0 aliphatic carbocycles. The predicted octanol–water partition coefficient (Wildman–Crippen LogP) is 3.08. The summed E-state index contributed by atoms with van der Waals surface area (Å²) in [4.78, 5) is 39.8. The monoisotopic (exact) mass is 388 g/mol. The van der Waals surface area contributed by atoms with Crippen LogP contribution >= 0.6 is 0 Å². The van der Waals surface area contributed by atoms with Crippen LogP contribution in [0.5, 0.6) is 0 Å². The molecule has 0 bridgehead atoms. The fraction of sp³-hybridized carbons (Fsp3) is 0.571. The van der Waals surface area contributed by atoms with Crippen molar-refractivity contribution in [1.29, 1.82) is 0 Å². The summed E-state index contributed by atoms with van der Waals surface area (Å²) in [7, 11) is 0. The van der Waals surface area contributed by atoms with Gasteiger partial charge in [-0.15, -0.1) is 0 Å². The zero-order valence-electron chi connectivity index (χ0n) is 16.7. The Balaban J connectivity index is 1.60. The van der Waals surface area contributed by atoms with E-state index in [2.05, 4.69) is 0 Å². The molecule has 1 aromatic rings. The highest BCUT2D eigenvalue weighted by molar-refractivity contribution is 5.72. The second-order valence-electron chi connectivity index (χ2n) is 8.68. The average molecular weight is 388 g/mol. The molecule has 2 heterocycles. The van der Waals surface area contributed by atoms with Crippen molar-refractivity contribution >= 4 is 18.5 Å². The fourth-order valence-corrected chi connectivity index (χ4v) is 3.94. The molecule has 2 unspecified atom stereocenters. The van der Waals surface area contributed by atoms with Crippen molar-refractivity contribution < 1.29 is 23.9 Å². The Bertz CT molecular complexity index is 730. The number of carbonyl (C=O) groups is 3. The highest BCUT2D eigenvalue weighted by Gasteiger charge is 2.53. The molecule has 0 saturated carbocycles. The van der Waals surface area contributed by atoms with Gasteiger partial charge in [0.1, 0.15) is 18.5 Å². The average Bonchev–Trinajstić information content (AvgIpc) is 3.24. The van der Waals surface area contributed by atoms with Crippen molar-refractivity contribution in [2.24, 2.45) is 11.3 Å². The van der Waals surface area contributed by atoms with E-state index in [0.717, 1.165) is 11.8 Å². The summed E-state index contributed by atoms with van der Waals surface area (Å²) in [5.74, 6) is -0.313. The molecule has 1 aromatic carbocycles. The van der Waals surface area contributed by atoms with E-state index in [1.165, 1.54) is 0 Å². The van der Waals surface area contributed by atoms with Gasteiger partial charge in [-0.05, 0) is 32.8 Å². The molecule has 0 radical (unpaired) electrons. The van der Waals surface area contributed by atoms with E-state index in [1.54, 1.807) is 9.80 Å². The number of hydrogen-bond acceptors (Lipinski definition) is 5. The second kappa shape index (κ2) is 7.81. The third-order valence-electron chi connectivity index (χ3n) is 5.37. The van der Waals surface area contributed by atoms with Gasteiger partial charge in [-0.3, -0.25) is 0 Å². The molecule has 0 N–H and O–H groups in total. The van der Waals surface area contributed by atoms with Gasteiger partial charge in [-0.2, -0.15) is 0 Å². The Morgan fingerprint density at radius 2 is 1.82 bits per heavy atom. The topological polar surface area (TPSA) is 76.2 Å². The second-order valence-corrected chi connectivity index (χ2v) is 8.68. The SMILES string of the molecule is CC(C)(C)OC(=O)N1CC(C=O)C2(CCN(C(=O)OCc3ccccc3)C2)C1. The number of amides is 2. The minimum absolute atomic E-state index is 0.213. The minimum Gasteiger partial charge on any atom is -0.445 e. The summed E-state index contributed by atoms with van der Waals surface area (Å²) in [5, 5.41) is 0. The molecule has 28 heavy (non-hydrogen) atoms. The molecular formula is C21H28N2O5. The van der Waals surface area contributed by atoms with E-state index in [0.29, 0.717) is 32.6 Å². The maximum Gasteiger partial charge on any atom is 0.410 e. The Morgan fingerprint density at radius 1 is 1.14 bits per heavy atom. The van der Waals surface area contributed by atoms with Gasteiger partial charge in [0.25, 0.3) is 0 Å². The summed E-state index contributed by atoms with van der Waals surface area (Å²) in [5.41, 5.74) is -0.0934. The van der Waals surface area contributed by atoms with Crippen molar-refractivity contribution in [1.82, 2.24) is 9.80 Å². The quantitative estimate of drug-likeness (QED) is 0.744. The number of carbonyl (C=O) groups excluding carboxylic acids is 3. The standard InChI is InChI=1S/C21H28N2O5/c1-20(2,3)28-19(26)23-11-17(12-24)21(15-23)9-10-22(14-21)18(25)27-13-16-7-5-4-6-8-16/h4-8,12,17H,9-11,13-15H2,1-3H3. The molecule has 152 valence electrons. The first-order valence-electron chi connectivity index (χ1n) is 9.61. The highest BCUT2D eigenvalue weighted by Crippen LogP contribution is 2.43. The van der Waals surface area contributed by atoms with Crippen LogP contribution in [0.1, 0.15) is 32.8 Å². The van der Waals surface area contributed by atoms with Gasteiger partial charge in [0, 0.05) is 37.5 Å². The number of nitrogens with zero attached hydrogens (tertiary/aromatic N) is 2. The molecule has 2 fully saturated rings. The molecule has 0 aromatic heterocycles. The van der Waals surface area contributed by atoms with Crippen LogP contribution in [-0.2, 0) is 20.9 Å². The van der Waals surface area contributed by atoms with Crippen LogP contribution in [0.2, 0.25) is 0 Å². The first kappa shape index (κ1) is 20.2. The van der Waals surface area contributed by atoms with E-state index < -0.39 is 17.1 Å². The van der Waals surface area contributed by atoms with Gasteiger partial charge in [-0.1, -0.05) is 30.3 Å². The van der Waals surface area contributed by atoms with Crippen molar-refractivity contribution in [3.63, 3.8) is 0 Å². The number of hydrogen-bond donors (Lipinski definition) is 0. The van der Waals surface area contributed by atoms with Crippen LogP contribution in [0.4, 0.5) is 9.59 Å². The third kappa shape index (κ3) is 4.46. The van der Waals surface area contributed by atoms with Gasteiger partial charge >= 0.3 is 12.2 Å². The predicted molar refractivity (Wildman–Crippen MR) is 103 cm³/mol. The minimum atomic E-state index is -0.591. The summed E-state index contributed by atoms with van der Waals surface area (Å²) in [6.07, 6.45) is 0.765. The van der Waals surface area contributed by atoms with Gasteiger partial charge < -0.3 is 24.1 Å². The summed E-state index contributed by atoms with van der Waals surface area (Å²) < 4.78 is 10.9. The Kier molecular flexibility index (Phi) is 5.63. The summed E-state index contributed by atoms with van der Waals surface area (Å²) >= 11 is 0. The maximum absolute atomic E-state index is 12.5. The molecule has 2 saturated heterocycles. The Labute approximate surface area is 165 Å². The number of aldehydes is 1. The van der Waals surface area contributed by atoms with Crippen molar-refractivity contribution in [2.45, 2.75) is 39.4 Å². The van der Waals surface area contributed by atoms with Crippen LogP contribution in [0, 0.1) is 11.3 Å². The molecule has 3 rings (SSSR count). The zero-order valence-corrected chi connectivity index (χ0v) is 16.7. The molecule has 7 heteroatoms. The van der Waals surface area contributed by atoms with Crippen LogP contribution in [-0.4, -0.2) is 60.1 Å². The van der Waals surface area contributed by atoms with E-state index in [-0.39, 0.29) is 18.6 Å². The van der Waals surface area contributed by atoms with Crippen molar-refractivity contribution in [3.05, 3.63) is 35.9 Å². The molecular weight excluding hydrogens is 360 g/mol. The van der Waals surface area contributed by atoms with Crippen LogP contribution in [0.15, 0.2) is 30.3 Å². The zero-order chi connectivity index (χ0) is 20.4. The lowest BCUT2D eigenvalue weighted by Gasteiger charge is -2.28. The molecule has 2 aliphatic rings. The first-order valence-corrected chi connectivity index (χ1v) is 9.61. The number of likely N-dealkylation sites (tertiary alicyclic amines) is 2. The van der Waals surface area contributed by atoms with Gasteiger partial charge in [-0.25, -0.2) is 9.59 Å². The van der Waals surface area contributed by atoms with E-state index in [4.69, 9.17) is 9.47 Å². The first-order chi connectivity index (χ1) is 13.2. The van der Waals surface area contributed by atoms with Crippen LogP contribution in [0.3, 0.4) is 0 Å². The highest BCUT2D eigenvalue weighted by atomic mass is 16.6. The van der Waals surface area contributed by atoms with Crippen LogP contribution in [0.25, 0.3) is 0 Å². The third-order valence-corrected chi connectivity index (χ3v) is 5.37. The summed E-state index contributed by atoms with van der Waals surface area (Å²) in [6, 6.07) is 9.50.